The second-order valence-electron chi connectivity index (χ2n) is 4.96. The van der Waals surface area contributed by atoms with Crippen molar-refractivity contribution in [2.75, 3.05) is 19.0 Å². The molecule has 0 saturated heterocycles. The first-order valence-corrected chi connectivity index (χ1v) is 8.41. The molecule has 6 heteroatoms. The minimum Gasteiger partial charge on any atom is -0.497 e. The van der Waals surface area contributed by atoms with Crippen LogP contribution in [0.5, 0.6) is 5.75 Å². The SMILES string of the molecule is COc1cccc(CCCNC(=S)Nc2ccc(Br)cc2F)c1. The van der Waals surface area contributed by atoms with Gasteiger partial charge in [-0.05, 0) is 61.0 Å². The van der Waals surface area contributed by atoms with Gasteiger partial charge in [-0.1, -0.05) is 28.1 Å². The first kappa shape index (κ1) is 17.7. The van der Waals surface area contributed by atoms with Crippen LogP contribution in [0.4, 0.5) is 10.1 Å². The van der Waals surface area contributed by atoms with Gasteiger partial charge in [0.2, 0.25) is 0 Å². The van der Waals surface area contributed by atoms with Gasteiger partial charge in [0.1, 0.15) is 11.6 Å². The molecule has 2 aromatic rings. The third kappa shape index (κ3) is 5.80. The molecule has 0 atom stereocenters. The molecular weight excluding hydrogens is 379 g/mol. The zero-order valence-corrected chi connectivity index (χ0v) is 15.1. The largest absolute Gasteiger partial charge is 0.497 e. The molecule has 0 unspecified atom stereocenters. The van der Waals surface area contributed by atoms with Crippen molar-refractivity contribution in [3.8, 4) is 5.75 Å². The van der Waals surface area contributed by atoms with Crippen LogP contribution in [0.15, 0.2) is 46.9 Å². The van der Waals surface area contributed by atoms with Crippen LogP contribution in [0.1, 0.15) is 12.0 Å². The van der Waals surface area contributed by atoms with Crippen molar-refractivity contribution in [2.45, 2.75) is 12.8 Å². The number of anilines is 1. The maximum Gasteiger partial charge on any atom is 0.170 e. The summed E-state index contributed by atoms with van der Waals surface area (Å²) in [6.07, 6.45) is 1.83. The fourth-order valence-electron chi connectivity index (χ4n) is 2.08. The summed E-state index contributed by atoms with van der Waals surface area (Å²) in [6, 6.07) is 12.8. The van der Waals surface area contributed by atoms with Crippen LogP contribution in [0.25, 0.3) is 0 Å². The highest BCUT2D eigenvalue weighted by molar-refractivity contribution is 9.10. The average molecular weight is 397 g/mol. The van der Waals surface area contributed by atoms with Crippen molar-refractivity contribution < 1.29 is 9.13 Å². The van der Waals surface area contributed by atoms with Crippen LogP contribution in [0.3, 0.4) is 0 Å². The number of methoxy groups -OCH3 is 1. The quantitative estimate of drug-likeness (QED) is 0.555. The van der Waals surface area contributed by atoms with Gasteiger partial charge in [-0.15, -0.1) is 0 Å². The second kappa shape index (κ2) is 8.84. The highest BCUT2D eigenvalue weighted by atomic mass is 79.9. The smallest absolute Gasteiger partial charge is 0.170 e. The van der Waals surface area contributed by atoms with Gasteiger partial charge in [-0.2, -0.15) is 0 Å². The molecule has 0 radical (unpaired) electrons. The molecule has 2 N–H and O–H groups in total. The Labute approximate surface area is 149 Å². The Bertz CT molecular complexity index is 681. The fourth-order valence-corrected chi connectivity index (χ4v) is 2.62. The molecule has 0 bridgehead atoms. The monoisotopic (exact) mass is 396 g/mol. The number of aryl methyl sites for hydroxylation is 1. The first-order chi connectivity index (χ1) is 11.1. The molecule has 0 aliphatic rings. The lowest BCUT2D eigenvalue weighted by Crippen LogP contribution is -2.29. The number of hydrogen-bond donors (Lipinski definition) is 2. The van der Waals surface area contributed by atoms with Crippen molar-refractivity contribution in [1.82, 2.24) is 5.32 Å². The third-order valence-electron chi connectivity index (χ3n) is 3.24. The number of ether oxygens (including phenoxy) is 1. The van der Waals surface area contributed by atoms with Gasteiger partial charge in [0.15, 0.2) is 5.11 Å². The molecule has 0 spiro atoms. The summed E-state index contributed by atoms with van der Waals surface area (Å²) in [7, 11) is 1.66. The number of hydrogen-bond acceptors (Lipinski definition) is 2. The Hall–Kier alpha value is -1.66. The number of benzene rings is 2. The molecule has 23 heavy (non-hydrogen) atoms. The standard InChI is InChI=1S/C17H18BrFN2OS/c1-22-14-6-2-4-12(10-14)5-3-9-20-17(23)21-16-8-7-13(18)11-15(16)19/h2,4,6-8,10-11H,3,5,9H2,1H3,(H2,20,21,23). The van der Waals surface area contributed by atoms with Gasteiger partial charge in [-0.25, -0.2) is 4.39 Å². The number of rotatable bonds is 6. The summed E-state index contributed by atoms with van der Waals surface area (Å²) in [5.74, 6) is 0.512. The van der Waals surface area contributed by atoms with Gasteiger partial charge in [-0.3, -0.25) is 0 Å². The Balaban J connectivity index is 1.74. The van der Waals surface area contributed by atoms with Crippen molar-refractivity contribution in [3.63, 3.8) is 0 Å². The van der Waals surface area contributed by atoms with E-state index in [9.17, 15) is 4.39 Å². The summed E-state index contributed by atoms with van der Waals surface area (Å²) < 4.78 is 19.6. The molecule has 0 heterocycles. The normalized spacial score (nSPS) is 10.2. The first-order valence-electron chi connectivity index (χ1n) is 7.21. The minimum atomic E-state index is -0.347. The summed E-state index contributed by atoms with van der Waals surface area (Å²) in [5.41, 5.74) is 1.57. The molecule has 0 aliphatic heterocycles. The summed E-state index contributed by atoms with van der Waals surface area (Å²) in [5, 5.41) is 6.36. The maximum atomic E-state index is 13.7. The Morgan fingerprint density at radius 1 is 1.26 bits per heavy atom. The predicted molar refractivity (Wildman–Crippen MR) is 99.6 cm³/mol. The van der Waals surface area contributed by atoms with Crippen LogP contribution in [0.2, 0.25) is 0 Å². The van der Waals surface area contributed by atoms with Gasteiger partial charge < -0.3 is 15.4 Å². The van der Waals surface area contributed by atoms with E-state index in [1.165, 1.54) is 11.6 Å². The highest BCUT2D eigenvalue weighted by Crippen LogP contribution is 2.19. The van der Waals surface area contributed by atoms with E-state index in [2.05, 4.69) is 32.6 Å². The molecular formula is C17H18BrFN2OS. The molecule has 3 nitrogen and oxygen atoms in total. The van der Waals surface area contributed by atoms with Crippen molar-refractivity contribution in [3.05, 3.63) is 58.3 Å². The van der Waals surface area contributed by atoms with Gasteiger partial charge >= 0.3 is 0 Å². The zero-order valence-electron chi connectivity index (χ0n) is 12.7. The lowest BCUT2D eigenvalue weighted by molar-refractivity contribution is 0.414. The van der Waals surface area contributed by atoms with Crippen LogP contribution in [0, 0.1) is 5.82 Å². The van der Waals surface area contributed by atoms with E-state index in [1.807, 2.05) is 18.2 Å². The maximum absolute atomic E-state index is 13.7. The second-order valence-corrected chi connectivity index (χ2v) is 6.28. The molecule has 0 aliphatic carbocycles. The van der Waals surface area contributed by atoms with E-state index in [-0.39, 0.29) is 5.82 Å². The highest BCUT2D eigenvalue weighted by Gasteiger charge is 2.04. The average Bonchev–Trinajstić information content (AvgIpc) is 2.54. The fraction of sp³-hybridized carbons (Fsp3) is 0.235. The molecule has 0 fully saturated rings. The lowest BCUT2D eigenvalue weighted by Gasteiger charge is -2.11. The van der Waals surface area contributed by atoms with Crippen molar-refractivity contribution in [1.29, 1.82) is 0 Å². The van der Waals surface area contributed by atoms with Crippen LogP contribution in [-0.2, 0) is 6.42 Å². The van der Waals surface area contributed by atoms with E-state index in [4.69, 9.17) is 17.0 Å². The van der Waals surface area contributed by atoms with Crippen molar-refractivity contribution >= 4 is 38.9 Å². The Morgan fingerprint density at radius 3 is 2.83 bits per heavy atom. The van der Waals surface area contributed by atoms with Gasteiger partial charge in [0.05, 0.1) is 12.8 Å². The number of thiocarbonyl (C=S) groups is 1. The summed E-state index contributed by atoms with van der Waals surface area (Å²) in [4.78, 5) is 0. The molecule has 0 aromatic heterocycles. The van der Waals surface area contributed by atoms with Crippen LogP contribution in [-0.4, -0.2) is 18.8 Å². The van der Waals surface area contributed by atoms with Crippen molar-refractivity contribution in [2.24, 2.45) is 0 Å². The molecule has 0 saturated carbocycles. The molecule has 0 amide bonds. The molecule has 122 valence electrons. The third-order valence-corrected chi connectivity index (χ3v) is 3.98. The predicted octanol–water partition coefficient (Wildman–Crippen LogP) is 4.52. The van der Waals surface area contributed by atoms with E-state index in [0.29, 0.717) is 21.8 Å². The zero-order chi connectivity index (χ0) is 16.7. The topological polar surface area (TPSA) is 33.3 Å². The molecule has 2 rings (SSSR count). The van der Waals surface area contributed by atoms with E-state index in [0.717, 1.165) is 18.6 Å². The Morgan fingerprint density at radius 2 is 2.09 bits per heavy atom. The van der Waals surface area contributed by atoms with E-state index in [1.54, 1.807) is 19.2 Å². The Kier molecular flexibility index (Phi) is 6.80. The summed E-state index contributed by atoms with van der Waals surface area (Å²) >= 11 is 8.40. The van der Waals surface area contributed by atoms with Gasteiger partial charge in [0.25, 0.3) is 0 Å². The number of nitrogens with one attached hydrogen (secondary N) is 2. The van der Waals surface area contributed by atoms with E-state index < -0.39 is 0 Å². The summed E-state index contributed by atoms with van der Waals surface area (Å²) in [6.45, 7) is 0.710. The van der Waals surface area contributed by atoms with Gasteiger partial charge in [0, 0.05) is 11.0 Å². The molecule has 2 aromatic carbocycles. The van der Waals surface area contributed by atoms with Crippen LogP contribution >= 0.6 is 28.1 Å². The van der Waals surface area contributed by atoms with E-state index >= 15 is 0 Å². The minimum absolute atomic E-state index is 0.347. The van der Waals surface area contributed by atoms with Crippen LogP contribution < -0.4 is 15.4 Å². The lowest BCUT2D eigenvalue weighted by atomic mass is 10.1. The number of halogens is 2.